The van der Waals surface area contributed by atoms with Crippen LogP contribution >= 0.6 is 0 Å². The molecule has 4 rings (SSSR count). The number of aliphatic hydroxyl groups excluding tert-OH is 3. The molecular weight excluding hydrogens is 480 g/mol. The summed E-state index contributed by atoms with van der Waals surface area (Å²) in [5.74, 6) is -2.28. The normalized spacial score (nSPS) is 23.9. The van der Waals surface area contributed by atoms with Crippen molar-refractivity contribution < 1.29 is 59.2 Å². The lowest BCUT2D eigenvalue weighted by Crippen LogP contribution is -2.60. The molecule has 36 heavy (non-hydrogen) atoms. The molecular formula is C24H25O12+. The van der Waals surface area contributed by atoms with Gasteiger partial charge in [0.1, 0.15) is 47.9 Å². The zero-order valence-corrected chi connectivity index (χ0v) is 18.9. The number of carbonyl (C=O) groups excluding carboxylic acids is 1. The van der Waals surface area contributed by atoms with E-state index in [1.54, 1.807) is 6.92 Å². The van der Waals surface area contributed by atoms with Crippen LogP contribution in [0.2, 0.25) is 0 Å². The minimum atomic E-state index is -1.75. The van der Waals surface area contributed by atoms with E-state index in [9.17, 15) is 40.5 Å². The number of phenolic OH excluding ortho intramolecular Hbond substituents is 4. The Balaban J connectivity index is 1.75. The summed E-state index contributed by atoms with van der Waals surface area (Å²) in [6, 6.07) is 7.35. The highest BCUT2D eigenvalue weighted by atomic mass is 16.7. The summed E-state index contributed by atoms with van der Waals surface area (Å²) >= 11 is 0. The summed E-state index contributed by atoms with van der Waals surface area (Å²) in [6.45, 7) is 1.16. The third kappa shape index (κ3) is 4.93. The first-order valence-electron chi connectivity index (χ1n) is 11.0. The van der Waals surface area contributed by atoms with Gasteiger partial charge in [-0.25, -0.2) is 4.42 Å². The number of benzene rings is 2. The number of ether oxygens (including phenoxy) is 3. The van der Waals surface area contributed by atoms with E-state index in [1.165, 1.54) is 30.3 Å². The average molecular weight is 505 g/mol. The number of carbonyl (C=O) groups is 1. The number of hydrogen-bond acceptors (Lipinski definition) is 11. The van der Waals surface area contributed by atoms with Crippen LogP contribution in [0.4, 0.5) is 0 Å². The van der Waals surface area contributed by atoms with Gasteiger partial charge in [-0.05, 0) is 12.1 Å². The molecule has 0 bridgehead atoms. The van der Waals surface area contributed by atoms with Gasteiger partial charge in [-0.1, -0.05) is 6.92 Å². The van der Waals surface area contributed by atoms with Crippen molar-refractivity contribution in [3.63, 3.8) is 0 Å². The van der Waals surface area contributed by atoms with E-state index >= 15 is 0 Å². The van der Waals surface area contributed by atoms with Gasteiger partial charge in [0.25, 0.3) is 0 Å². The summed E-state index contributed by atoms with van der Waals surface area (Å²) in [4.78, 5) is 11.5. The van der Waals surface area contributed by atoms with Gasteiger partial charge in [0.05, 0.1) is 11.6 Å². The standard InChI is InChI=1S/C24H24O12/c1-2-19(29)33-9-18-20(30)21(31)22(32)24(36-18)35-17-8-12-14(27)6-11(25)7-16(12)34-23(17)10-3-4-13(26)15(28)5-10/h3-8,18,20-22,24,30-32H,2,9H2,1H3,(H3-,25,26,27,28)/p+1/t18-,20+,21+,22-,24-/m1/s1. The van der Waals surface area contributed by atoms with E-state index in [1.807, 2.05) is 0 Å². The van der Waals surface area contributed by atoms with Crippen molar-refractivity contribution in [3.8, 4) is 40.1 Å². The molecule has 1 aliphatic heterocycles. The van der Waals surface area contributed by atoms with Crippen molar-refractivity contribution in [1.82, 2.24) is 0 Å². The maximum atomic E-state index is 11.5. The zero-order chi connectivity index (χ0) is 26.1. The van der Waals surface area contributed by atoms with Crippen LogP contribution < -0.4 is 4.74 Å². The highest BCUT2D eigenvalue weighted by molar-refractivity contribution is 5.88. The van der Waals surface area contributed by atoms with Crippen LogP contribution in [0.25, 0.3) is 22.3 Å². The fourth-order valence-electron chi connectivity index (χ4n) is 3.69. The van der Waals surface area contributed by atoms with E-state index in [-0.39, 0.29) is 46.0 Å². The predicted octanol–water partition coefficient (Wildman–Crippen LogP) is 1.34. The number of rotatable bonds is 6. The second-order valence-electron chi connectivity index (χ2n) is 8.19. The van der Waals surface area contributed by atoms with Crippen LogP contribution in [0.3, 0.4) is 0 Å². The molecule has 12 heteroatoms. The summed E-state index contributed by atoms with van der Waals surface area (Å²) in [6.07, 6.45) is -7.82. The molecule has 2 aromatic carbocycles. The van der Waals surface area contributed by atoms with Crippen LogP contribution in [0.5, 0.6) is 28.7 Å². The van der Waals surface area contributed by atoms with E-state index in [0.29, 0.717) is 0 Å². The number of aromatic hydroxyl groups is 4. The summed E-state index contributed by atoms with van der Waals surface area (Å²) < 4.78 is 22.2. The van der Waals surface area contributed by atoms with Crippen molar-refractivity contribution in [2.24, 2.45) is 0 Å². The molecule has 0 saturated carbocycles. The molecule has 1 saturated heterocycles. The Morgan fingerprint density at radius 1 is 0.944 bits per heavy atom. The van der Waals surface area contributed by atoms with Crippen LogP contribution in [-0.4, -0.2) is 79.0 Å². The number of fused-ring (bicyclic) bond motifs is 1. The topological polar surface area (TPSA) is 198 Å². The molecule has 1 aliphatic rings. The van der Waals surface area contributed by atoms with E-state index in [2.05, 4.69) is 0 Å². The highest BCUT2D eigenvalue weighted by Crippen LogP contribution is 2.42. The first-order chi connectivity index (χ1) is 17.1. The SMILES string of the molecule is CCC(=O)OC[C@H]1O[C@@H](Oc2cc3c(O)cc(O)cc3[o+]c2-c2ccc(O)c(O)c2)[C@H](O)[C@@H](O)[C@H]1O. The smallest absolute Gasteiger partial charge is 0.402 e. The highest BCUT2D eigenvalue weighted by Gasteiger charge is 2.46. The average Bonchev–Trinajstić information content (AvgIpc) is 2.85. The Morgan fingerprint density at radius 2 is 1.69 bits per heavy atom. The van der Waals surface area contributed by atoms with Gasteiger partial charge in [0.2, 0.25) is 12.0 Å². The second kappa shape index (κ2) is 10.0. The Labute approximate surface area is 203 Å². The quantitative estimate of drug-likeness (QED) is 0.144. The van der Waals surface area contributed by atoms with Gasteiger partial charge >= 0.3 is 17.3 Å². The molecule has 0 amide bonds. The summed E-state index contributed by atoms with van der Waals surface area (Å²) in [5, 5.41) is 71.0. The predicted molar refractivity (Wildman–Crippen MR) is 121 cm³/mol. The molecule has 0 unspecified atom stereocenters. The Morgan fingerprint density at radius 3 is 2.39 bits per heavy atom. The first-order valence-corrected chi connectivity index (χ1v) is 11.0. The molecule has 3 aromatic rings. The van der Waals surface area contributed by atoms with Crippen molar-refractivity contribution in [1.29, 1.82) is 0 Å². The Bertz CT molecular complexity index is 1280. The van der Waals surface area contributed by atoms with Gasteiger partial charge in [0, 0.05) is 24.6 Å². The second-order valence-corrected chi connectivity index (χ2v) is 8.19. The monoisotopic (exact) mass is 505 g/mol. The maximum Gasteiger partial charge on any atom is 0.402 e. The Hall–Kier alpha value is -3.84. The van der Waals surface area contributed by atoms with Crippen LogP contribution in [-0.2, 0) is 14.3 Å². The number of aliphatic hydroxyl groups is 3. The number of phenols is 4. The van der Waals surface area contributed by atoms with Gasteiger partial charge in [-0.3, -0.25) is 4.79 Å². The molecule has 0 spiro atoms. The number of hydrogen-bond donors (Lipinski definition) is 7. The molecule has 192 valence electrons. The number of esters is 1. The lowest BCUT2D eigenvalue weighted by molar-refractivity contribution is -0.278. The maximum absolute atomic E-state index is 11.5. The van der Waals surface area contributed by atoms with Crippen molar-refractivity contribution in [2.45, 2.75) is 44.1 Å². The van der Waals surface area contributed by atoms with Crippen LogP contribution in [0.15, 0.2) is 40.8 Å². The van der Waals surface area contributed by atoms with Gasteiger partial charge in [-0.2, -0.15) is 0 Å². The van der Waals surface area contributed by atoms with Crippen LogP contribution in [0.1, 0.15) is 13.3 Å². The van der Waals surface area contributed by atoms with Gasteiger partial charge < -0.3 is 50.0 Å². The zero-order valence-electron chi connectivity index (χ0n) is 18.9. The van der Waals surface area contributed by atoms with E-state index in [0.717, 1.165) is 6.07 Å². The fraction of sp³-hybridized carbons (Fsp3) is 0.333. The van der Waals surface area contributed by atoms with Gasteiger partial charge in [0.15, 0.2) is 11.5 Å². The summed E-state index contributed by atoms with van der Waals surface area (Å²) in [7, 11) is 0. The third-order valence-electron chi connectivity index (χ3n) is 5.66. The van der Waals surface area contributed by atoms with Gasteiger partial charge in [-0.15, -0.1) is 0 Å². The molecule has 12 nitrogen and oxygen atoms in total. The molecule has 1 fully saturated rings. The summed E-state index contributed by atoms with van der Waals surface area (Å²) in [5.41, 5.74) is 0.233. The largest absolute Gasteiger partial charge is 0.507 e. The molecule has 1 aromatic heterocycles. The minimum absolute atomic E-state index is 0.0346. The molecule has 5 atom stereocenters. The lowest BCUT2D eigenvalue weighted by atomic mass is 9.99. The van der Waals surface area contributed by atoms with Crippen molar-refractivity contribution in [3.05, 3.63) is 36.4 Å². The molecule has 2 heterocycles. The molecule has 7 N–H and O–H groups in total. The fourth-order valence-corrected chi connectivity index (χ4v) is 3.69. The first kappa shape index (κ1) is 25.3. The third-order valence-corrected chi connectivity index (χ3v) is 5.66. The van der Waals surface area contributed by atoms with Crippen molar-refractivity contribution >= 4 is 16.9 Å². The lowest BCUT2D eigenvalue weighted by Gasteiger charge is -2.39. The van der Waals surface area contributed by atoms with Crippen LogP contribution in [0, 0.1) is 0 Å². The minimum Gasteiger partial charge on any atom is -0.507 e. The van der Waals surface area contributed by atoms with E-state index < -0.39 is 54.8 Å². The van der Waals surface area contributed by atoms with E-state index in [4.69, 9.17) is 18.6 Å². The molecule has 0 aliphatic carbocycles. The van der Waals surface area contributed by atoms with Crippen molar-refractivity contribution in [2.75, 3.05) is 6.61 Å². The Kier molecular flexibility index (Phi) is 7.04. The molecule has 0 radical (unpaired) electrons.